The molecule has 0 aromatic rings. The van der Waals surface area contributed by atoms with Crippen molar-refractivity contribution < 1.29 is 9.53 Å². The van der Waals surface area contributed by atoms with Crippen molar-refractivity contribution in [3.8, 4) is 6.07 Å². The molecule has 0 saturated carbocycles. The molecular weight excluding hydrogens is 268 g/mol. The quantitative estimate of drug-likeness (QED) is 0.452. The molecule has 0 aromatic carbocycles. The van der Waals surface area contributed by atoms with Gasteiger partial charge in [-0.3, -0.25) is 4.79 Å². The van der Waals surface area contributed by atoms with E-state index >= 15 is 0 Å². The topological polar surface area (TPSA) is 79.5 Å². The molecule has 0 spiro atoms. The molecule has 0 N–H and O–H groups in total. The van der Waals surface area contributed by atoms with Crippen LogP contribution in [0.3, 0.4) is 0 Å². The van der Waals surface area contributed by atoms with Crippen LogP contribution in [0.1, 0.15) is 39.0 Å². The number of ether oxygens (including phenoxy) is 1. The largest absolute Gasteiger partial charge is 0.465 e. The Bertz CT molecular complexity index is 532. The van der Waals surface area contributed by atoms with Gasteiger partial charge in [-0.15, -0.1) is 0 Å². The first kappa shape index (κ1) is 15.4. The Morgan fingerprint density at radius 1 is 1.48 bits per heavy atom. The summed E-state index contributed by atoms with van der Waals surface area (Å²) in [5.74, 6) is -0.284. The summed E-state index contributed by atoms with van der Waals surface area (Å²) in [6.07, 6.45) is 9.08. The van der Waals surface area contributed by atoms with Gasteiger partial charge < -0.3 is 4.74 Å². The van der Waals surface area contributed by atoms with Gasteiger partial charge in [-0.05, 0) is 44.6 Å². The summed E-state index contributed by atoms with van der Waals surface area (Å²) in [5, 5.41) is 12.7. The van der Waals surface area contributed by atoms with Crippen molar-refractivity contribution in [2.75, 3.05) is 13.2 Å². The Labute approximate surface area is 124 Å². The number of esters is 1. The number of carbonyl (C=O) groups is 1. The summed E-state index contributed by atoms with van der Waals surface area (Å²) in [6, 6.07) is 2.26. The fraction of sp³-hybridized carbons (Fsp3) is 0.625. The van der Waals surface area contributed by atoms with E-state index in [4.69, 9.17) is 4.74 Å². The molecule has 0 amide bonds. The zero-order valence-electron chi connectivity index (χ0n) is 12.3. The number of hydrogen-bond donors (Lipinski definition) is 0. The van der Waals surface area contributed by atoms with Gasteiger partial charge in [-0.1, -0.05) is 23.4 Å². The summed E-state index contributed by atoms with van der Waals surface area (Å²) in [6.45, 7) is 1.96. The maximum atomic E-state index is 12.6. The van der Waals surface area contributed by atoms with Crippen LogP contribution in [0.5, 0.6) is 0 Å². The normalized spacial score (nSPS) is 31.3. The van der Waals surface area contributed by atoms with Gasteiger partial charge in [-0.25, -0.2) is 0 Å². The molecule has 0 radical (unpaired) electrons. The number of hydrogen-bond acceptors (Lipinski definition) is 5. The Balaban J connectivity index is 2.56. The fourth-order valence-electron chi connectivity index (χ4n) is 3.49. The van der Waals surface area contributed by atoms with E-state index in [-0.39, 0.29) is 12.5 Å². The Hall–Kier alpha value is -1.96. The molecule has 5 heteroatoms. The highest BCUT2D eigenvalue weighted by molar-refractivity contribution is 5.82. The van der Waals surface area contributed by atoms with Crippen LogP contribution in [0.15, 0.2) is 29.0 Å². The summed E-state index contributed by atoms with van der Waals surface area (Å²) in [7, 11) is 0. The van der Waals surface area contributed by atoms with E-state index in [1.165, 1.54) is 0 Å². The fourth-order valence-corrected chi connectivity index (χ4v) is 3.49. The maximum Gasteiger partial charge on any atom is 0.316 e. The second-order valence-corrected chi connectivity index (χ2v) is 5.67. The van der Waals surface area contributed by atoms with Crippen LogP contribution in [0.25, 0.3) is 0 Å². The first-order valence-corrected chi connectivity index (χ1v) is 7.39. The van der Waals surface area contributed by atoms with Gasteiger partial charge >= 0.3 is 5.97 Å². The standard InChI is InChI=1S/C16H20N2O3/c1-2-21-14(19)16-9-4-3-7-13(16)15(11-17,12-18-20)8-5-6-10-16/h5-7H,2-4,8-10,12H2,1H3/t15-,16-/m0/s1. The third-order valence-electron chi connectivity index (χ3n) is 4.50. The van der Waals surface area contributed by atoms with Crippen molar-refractivity contribution in [2.24, 2.45) is 16.0 Å². The lowest BCUT2D eigenvalue weighted by Crippen LogP contribution is -2.43. The summed E-state index contributed by atoms with van der Waals surface area (Å²) in [5.41, 5.74) is -1.07. The maximum absolute atomic E-state index is 12.6. The zero-order valence-corrected chi connectivity index (χ0v) is 12.3. The number of fused-ring (bicyclic) bond motifs is 1. The molecule has 2 aliphatic carbocycles. The molecule has 112 valence electrons. The smallest absolute Gasteiger partial charge is 0.316 e. The van der Waals surface area contributed by atoms with Crippen molar-refractivity contribution in [1.29, 1.82) is 5.26 Å². The van der Waals surface area contributed by atoms with Crippen molar-refractivity contribution >= 4 is 5.97 Å². The van der Waals surface area contributed by atoms with Crippen LogP contribution in [-0.2, 0) is 9.53 Å². The van der Waals surface area contributed by atoms with Crippen molar-refractivity contribution in [2.45, 2.75) is 39.0 Å². The minimum atomic E-state index is -1.01. The van der Waals surface area contributed by atoms with E-state index in [2.05, 4.69) is 11.2 Å². The lowest BCUT2D eigenvalue weighted by Gasteiger charge is -2.41. The molecule has 0 aromatic heterocycles. The first-order chi connectivity index (χ1) is 10.1. The van der Waals surface area contributed by atoms with E-state index in [1.807, 2.05) is 18.2 Å². The molecule has 2 atom stereocenters. The molecule has 5 nitrogen and oxygen atoms in total. The molecule has 0 heterocycles. The molecule has 0 aliphatic heterocycles. The van der Waals surface area contributed by atoms with Gasteiger partial charge in [0.15, 0.2) is 0 Å². The van der Waals surface area contributed by atoms with E-state index in [0.717, 1.165) is 18.4 Å². The second-order valence-electron chi connectivity index (χ2n) is 5.67. The molecular formula is C16H20N2O3. The summed E-state index contributed by atoms with van der Waals surface area (Å²) >= 11 is 0. The number of nitriles is 1. The van der Waals surface area contributed by atoms with Gasteiger partial charge in [0.1, 0.15) is 12.0 Å². The first-order valence-electron chi connectivity index (χ1n) is 7.39. The molecule has 0 fully saturated rings. The molecule has 0 unspecified atom stereocenters. The second kappa shape index (κ2) is 6.21. The van der Waals surface area contributed by atoms with Gasteiger partial charge in [0.2, 0.25) is 0 Å². The van der Waals surface area contributed by atoms with Crippen LogP contribution in [-0.4, -0.2) is 19.1 Å². The van der Waals surface area contributed by atoms with Crippen LogP contribution in [0, 0.1) is 27.1 Å². The SMILES string of the molecule is CCOC(=O)[C@@]12CC=CC[C@](C#N)(CN=O)C1=CCCC2. The van der Waals surface area contributed by atoms with Crippen LogP contribution in [0.2, 0.25) is 0 Å². The number of carbonyl (C=O) groups excluding carboxylic acids is 1. The number of allylic oxidation sites excluding steroid dienone is 3. The van der Waals surface area contributed by atoms with Crippen LogP contribution >= 0.6 is 0 Å². The molecule has 0 bridgehead atoms. The van der Waals surface area contributed by atoms with E-state index < -0.39 is 10.8 Å². The van der Waals surface area contributed by atoms with E-state index in [0.29, 0.717) is 25.9 Å². The minimum Gasteiger partial charge on any atom is -0.465 e. The number of nitroso groups, excluding NO2 is 1. The number of rotatable bonds is 4. The van der Waals surface area contributed by atoms with Gasteiger partial charge in [-0.2, -0.15) is 10.2 Å². The minimum absolute atomic E-state index is 0.124. The lowest BCUT2D eigenvalue weighted by molar-refractivity contribution is -0.154. The Kier molecular flexibility index (Phi) is 4.56. The van der Waals surface area contributed by atoms with Gasteiger partial charge in [0, 0.05) is 0 Å². The van der Waals surface area contributed by atoms with Crippen LogP contribution < -0.4 is 0 Å². The number of nitrogens with zero attached hydrogens (tertiary/aromatic N) is 2. The predicted octanol–water partition coefficient (Wildman–Crippen LogP) is 3.27. The van der Waals surface area contributed by atoms with Gasteiger partial charge in [0.25, 0.3) is 0 Å². The zero-order chi connectivity index (χ0) is 15.3. The summed E-state index contributed by atoms with van der Waals surface area (Å²) < 4.78 is 5.28. The Morgan fingerprint density at radius 2 is 2.24 bits per heavy atom. The average Bonchev–Trinajstić information content (AvgIpc) is 2.67. The highest BCUT2D eigenvalue weighted by Gasteiger charge is 2.53. The Morgan fingerprint density at radius 3 is 2.90 bits per heavy atom. The molecule has 2 aliphatic rings. The monoisotopic (exact) mass is 288 g/mol. The average molecular weight is 288 g/mol. The summed E-state index contributed by atoms with van der Waals surface area (Å²) in [4.78, 5) is 23.5. The highest BCUT2D eigenvalue weighted by Crippen LogP contribution is 2.53. The van der Waals surface area contributed by atoms with Crippen LogP contribution in [0.4, 0.5) is 0 Å². The van der Waals surface area contributed by atoms with Crippen molar-refractivity contribution in [3.05, 3.63) is 28.7 Å². The molecule has 2 rings (SSSR count). The predicted molar refractivity (Wildman–Crippen MR) is 78.1 cm³/mol. The highest BCUT2D eigenvalue weighted by atomic mass is 16.5. The van der Waals surface area contributed by atoms with Crippen molar-refractivity contribution in [1.82, 2.24) is 0 Å². The molecule has 0 saturated heterocycles. The molecule has 21 heavy (non-hydrogen) atoms. The van der Waals surface area contributed by atoms with E-state index in [1.54, 1.807) is 6.92 Å². The van der Waals surface area contributed by atoms with Gasteiger partial charge in [0.05, 0.1) is 18.1 Å². The lowest BCUT2D eigenvalue weighted by atomic mass is 9.61. The van der Waals surface area contributed by atoms with E-state index in [9.17, 15) is 15.0 Å². The van der Waals surface area contributed by atoms with Crippen molar-refractivity contribution in [3.63, 3.8) is 0 Å². The third-order valence-corrected chi connectivity index (χ3v) is 4.50. The third kappa shape index (κ3) is 2.51.